The number of hydrogen-bond acceptors (Lipinski definition) is 4. The van der Waals surface area contributed by atoms with E-state index in [0.29, 0.717) is 0 Å². The second-order valence-electron chi connectivity index (χ2n) is 7.37. The summed E-state index contributed by atoms with van der Waals surface area (Å²) in [5.41, 5.74) is -1.04. The van der Waals surface area contributed by atoms with E-state index in [9.17, 15) is 26.0 Å². The largest absolute Gasteiger partial charge is 0.417 e. The predicted octanol–water partition coefficient (Wildman–Crippen LogP) is 3.97. The molecule has 1 saturated heterocycles. The van der Waals surface area contributed by atoms with Crippen LogP contribution in [0.4, 0.5) is 28.9 Å². The van der Waals surface area contributed by atoms with Gasteiger partial charge in [0.25, 0.3) is 0 Å². The summed E-state index contributed by atoms with van der Waals surface area (Å²) in [4.78, 5) is 1.69. The topological polar surface area (TPSA) is 76.4 Å². The maximum absolute atomic E-state index is 13.3. The van der Waals surface area contributed by atoms with Crippen LogP contribution < -0.4 is 9.62 Å². The normalized spacial score (nSPS) is 20.4. The Hall–Kier alpha value is -2.84. The van der Waals surface area contributed by atoms with Crippen LogP contribution >= 0.6 is 0 Å². The van der Waals surface area contributed by atoms with Crippen molar-refractivity contribution in [2.45, 2.75) is 32.1 Å². The molecule has 1 aliphatic rings. The van der Waals surface area contributed by atoms with E-state index in [1.807, 2.05) is 0 Å². The van der Waals surface area contributed by atoms with Crippen LogP contribution in [0.2, 0.25) is 0 Å². The molecule has 166 valence electrons. The van der Waals surface area contributed by atoms with E-state index in [2.05, 4.69) is 4.72 Å². The van der Waals surface area contributed by atoms with Crippen LogP contribution in [0, 0.1) is 17.1 Å². The number of hydrogen-bond donors (Lipinski definition) is 1. The number of rotatable bonds is 4. The van der Waals surface area contributed by atoms with Gasteiger partial charge in [-0.05, 0) is 56.3 Å². The minimum atomic E-state index is -4.68. The van der Waals surface area contributed by atoms with Crippen LogP contribution in [0.15, 0.2) is 42.5 Å². The molecule has 0 aliphatic carbocycles. The standard InChI is InChI=1S/C20H20F4N4O2S/c1-13-12-28(31(29,30)26-17-6-4-16(21)5-7-17)14(2)11-27(13)18-8-3-15(10-25)19(9-18)20(22,23)24/h3-9,13-14,26H,11-12H2,1-2H3/t13-,14+/m0/s1. The molecule has 0 bridgehead atoms. The Morgan fingerprint density at radius 3 is 2.29 bits per heavy atom. The fraction of sp³-hybridized carbons (Fsp3) is 0.350. The van der Waals surface area contributed by atoms with E-state index in [-0.39, 0.29) is 24.5 Å². The Bertz CT molecular complexity index is 1100. The Kier molecular flexibility index (Phi) is 6.16. The van der Waals surface area contributed by atoms with Crippen molar-refractivity contribution in [3.63, 3.8) is 0 Å². The van der Waals surface area contributed by atoms with Gasteiger partial charge in [-0.25, -0.2) is 4.39 Å². The molecule has 1 aliphatic heterocycles. The minimum absolute atomic E-state index is 0.0268. The highest BCUT2D eigenvalue weighted by Crippen LogP contribution is 2.35. The molecule has 2 atom stereocenters. The van der Waals surface area contributed by atoms with Gasteiger partial charge in [0.2, 0.25) is 0 Å². The smallest absolute Gasteiger partial charge is 0.366 e. The molecule has 1 N–H and O–H groups in total. The summed E-state index contributed by atoms with van der Waals surface area (Å²) in [7, 11) is -3.97. The summed E-state index contributed by atoms with van der Waals surface area (Å²) in [6.45, 7) is 3.53. The molecular formula is C20H20F4N4O2S. The van der Waals surface area contributed by atoms with E-state index in [1.165, 1.54) is 22.5 Å². The van der Waals surface area contributed by atoms with Crippen molar-refractivity contribution in [1.82, 2.24) is 4.31 Å². The maximum Gasteiger partial charge on any atom is 0.417 e. The average Bonchev–Trinajstić information content (AvgIpc) is 2.69. The molecule has 0 radical (unpaired) electrons. The van der Waals surface area contributed by atoms with Crippen molar-refractivity contribution < 1.29 is 26.0 Å². The Morgan fingerprint density at radius 2 is 1.71 bits per heavy atom. The van der Waals surface area contributed by atoms with Crippen LogP contribution in [-0.4, -0.2) is 37.9 Å². The zero-order valence-electron chi connectivity index (χ0n) is 16.7. The molecule has 0 amide bonds. The highest BCUT2D eigenvalue weighted by atomic mass is 32.2. The first-order chi connectivity index (χ1) is 14.4. The van der Waals surface area contributed by atoms with Crippen molar-refractivity contribution in [3.05, 3.63) is 59.4 Å². The molecule has 0 saturated carbocycles. The van der Waals surface area contributed by atoms with E-state index in [0.717, 1.165) is 24.3 Å². The molecular weight excluding hydrogens is 436 g/mol. The lowest BCUT2D eigenvalue weighted by Crippen LogP contribution is -2.59. The van der Waals surface area contributed by atoms with Crippen LogP contribution in [0.3, 0.4) is 0 Å². The third-order valence-corrected chi connectivity index (χ3v) is 6.71. The van der Waals surface area contributed by atoms with E-state index in [4.69, 9.17) is 5.26 Å². The van der Waals surface area contributed by atoms with Gasteiger partial charge in [0.1, 0.15) is 5.82 Å². The highest BCUT2D eigenvalue weighted by Gasteiger charge is 2.38. The van der Waals surface area contributed by atoms with Crippen molar-refractivity contribution in [3.8, 4) is 6.07 Å². The lowest BCUT2D eigenvalue weighted by molar-refractivity contribution is -0.137. The lowest BCUT2D eigenvalue weighted by atomic mass is 10.0. The number of alkyl halides is 3. The van der Waals surface area contributed by atoms with Crippen LogP contribution in [0.25, 0.3) is 0 Å². The molecule has 3 rings (SSSR count). The first-order valence-electron chi connectivity index (χ1n) is 9.35. The number of halogens is 4. The van der Waals surface area contributed by atoms with Gasteiger partial charge in [0.05, 0.1) is 17.2 Å². The fourth-order valence-corrected chi connectivity index (χ4v) is 5.06. The molecule has 2 aromatic rings. The highest BCUT2D eigenvalue weighted by molar-refractivity contribution is 7.90. The average molecular weight is 456 g/mol. The summed E-state index contributed by atoms with van der Waals surface area (Å²) >= 11 is 0. The summed E-state index contributed by atoms with van der Waals surface area (Å²) < 4.78 is 82.3. The van der Waals surface area contributed by atoms with Crippen LogP contribution in [0.1, 0.15) is 25.0 Å². The molecule has 0 aromatic heterocycles. The molecule has 31 heavy (non-hydrogen) atoms. The van der Waals surface area contributed by atoms with Crippen molar-refractivity contribution in [1.29, 1.82) is 5.26 Å². The fourth-order valence-electron chi connectivity index (χ4n) is 3.56. The first-order valence-corrected chi connectivity index (χ1v) is 10.8. The Labute approximate surface area is 177 Å². The zero-order chi connectivity index (χ0) is 23.0. The SMILES string of the molecule is C[C@@H]1CN(c2ccc(C#N)c(C(F)(F)F)c2)[C@@H](C)CN1S(=O)(=O)Nc1ccc(F)cc1. The summed E-state index contributed by atoms with van der Waals surface area (Å²) in [5, 5.41) is 8.97. The Morgan fingerprint density at radius 1 is 1.06 bits per heavy atom. The number of piperazine rings is 1. The number of nitriles is 1. The van der Waals surface area contributed by atoms with E-state index >= 15 is 0 Å². The monoisotopic (exact) mass is 456 g/mol. The van der Waals surface area contributed by atoms with Gasteiger partial charge in [-0.15, -0.1) is 0 Å². The quantitative estimate of drug-likeness (QED) is 0.707. The van der Waals surface area contributed by atoms with Gasteiger partial charge in [-0.2, -0.15) is 31.2 Å². The van der Waals surface area contributed by atoms with Crippen molar-refractivity contribution in [2.75, 3.05) is 22.7 Å². The first kappa shape index (κ1) is 22.8. The van der Waals surface area contributed by atoms with Crippen molar-refractivity contribution in [2.24, 2.45) is 0 Å². The number of nitrogens with one attached hydrogen (secondary N) is 1. The Balaban J connectivity index is 1.83. The lowest BCUT2D eigenvalue weighted by Gasteiger charge is -2.44. The van der Waals surface area contributed by atoms with Gasteiger partial charge >= 0.3 is 16.4 Å². The predicted molar refractivity (Wildman–Crippen MR) is 108 cm³/mol. The molecule has 2 aromatic carbocycles. The maximum atomic E-state index is 13.3. The van der Waals surface area contributed by atoms with Gasteiger partial charge in [0.15, 0.2) is 0 Å². The molecule has 0 unspecified atom stereocenters. The molecule has 1 heterocycles. The minimum Gasteiger partial charge on any atom is -0.366 e. The number of benzene rings is 2. The third kappa shape index (κ3) is 4.91. The van der Waals surface area contributed by atoms with E-state index < -0.39 is 45.4 Å². The van der Waals surface area contributed by atoms with Crippen molar-refractivity contribution >= 4 is 21.6 Å². The molecule has 1 fully saturated rings. The van der Waals surface area contributed by atoms with Gasteiger partial charge in [0, 0.05) is 36.5 Å². The molecule has 11 heteroatoms. The van der Waals surface area contributed by atoms with Gasteiger partial charge in [-0.3, -0.25) is 4.72 Å². The second kappa shape index (κ2) is 8.36. The zero-order valence-corrected chi connectivity index (χ0v) is 17.5. The summed E-state index contributed by atoms with van der Waals surface area (Å²) in [6, 6.07) is 8.88. The molecule has 6 nitrogen and oxygen atoms in total. The summed E-state index contributed by atoms with van der Waals surface area (Å²) in [6.07, 6.45) is -4.68. The summed E-state index contributed by atoms with van der Waals surface area (Å²) in [5.74, 6) is -0.501. The van der Waals surface area contributed by atoms with Crippen LogP contribution in [-0.2, 0) is 16.4 Å². The van der Waals surface area contributed by atoms with Gasteiger partial charge < -0.3 is 4.90 Å². The van der Waals surface area contributed by atoms with Gasteiger partial charge in [-0.1, -0.05) is 0 Å². The second-order valence-corrected chi connectivity index (χ2v) is 9.00. The number of anilines is 2. The van der Waals surface area contributed by atoms with E-state index in [1.54, 1.807) is 24.8 Å². The third-order valence-electron chi connectivity index (χ3n) is 5.09. The van der Waals surface area contributed by atoms with Crippen LogP contribution in [0.5, 0.6) is 0 Å². The molecule has 0 spiro atoms. The number of nitrogens with zero attached hydrogens (tertiary/aromatic N) is 3.